The summed E-state index contributed by atoms with van der Waals surface area (Å²) in [5, 5.41) is 3.83. The highest BCUT2D eigenvalue weighted by Crippen LogP contribution is 2.30. The Bertz CT molecular complexity index is 435. The molecule has 1 N–H and O–H groups in total. The lowest BCUT2D eigenvalue weighted by molar-refractivity contribution is 0.330. The fourth-order valence-electron chi connectivity index (χ4n) is 3.11. The van der Waals surface area contributed by atoms with Crippen molar-refractivity contribution in [1.29, 1.82) is 0 Å². The van der Waals surface area contributed by atoms with E-state index in [9.17, 15) is 0 Å². The highest BCUT2D eigenvalue weighted by Gasteiger charge is 2.21. The van der Waals surface area contributed by atoms with Crippen molar-refractivity contribution in [3.05, 3.63) is 28.2 Å². The van der Waals surface area contributed by atoms with Gasteiger partial charge in [0.2, 0.25) is 0 Å². The zero-order valence-corrected chi connectivity index (χ0v) is 14.4. The van der Waals surface area contributed by atoms with E-state index in [1.54, 1.807) is 7.11 Å². The van der Waals surface area contributed by atoms with Crippen LogP contribution >= 0.6 is 15.9 Å². The molecule has 0 saturated heterocycles. The molecule has 1 saturated carbocycles. The van der Waals surface area contributed by atoms with E-state index in [1.165, 1.54) is 37.7 Å². The first-order chi connectivity index (χ1) is 9.61. The lowest BCUT2D eigenvalue weighted by Gasteiger charge is -2.27. The van der Waals surface area contributed by atoms with Crippen LogP contribution in [0.5, 0.6) is 5.75 Å². The summed E-state index contributed by atoms with van der Waals surface area (Å²) in [6.07, 6.45) is 6.81. The number of rotatable bonds is 4. The summed E-state index contributed by atoms with van der Waals surface area (Å²) in [6, 6.07) is 7.38. The Morgan fingerprint density at radius 1 is 1.25 bits per heavy atom. The Morgan fingerprint density at radius 2 is 2.00 bits per heavy atom. The Morgan fingerprint density at radius 3 is 2.70 bits per heavy atom. The third kappa shape index (κ3) is 3.98. The average Bonchev–Trinajstić information content (AvgIpc) is 2.64. The van der Waals surface area contributed by atoms with Crippen LogP contribution in [0.2, 0.25) is 0 Å². The van der Waals surface area contributed by atoms with Crippen LogP contribution in [0.4, 0.5) is 0 Å². The molecule has 3 unspecified atom stereocenters. The molecule has 0 amide bonds. The van der Waals surface area contributed by atoms with E-state index in [0.717, 1.165) is 16.1 Å². The summed E-state index contributed by atoms with van der Waals surface area (Å²) in [6.45, 7) is 4.64. The normalized spacial score (nSPS) is 25.0. The first kappa shape index (κ1) is 15.8. The molecule has 0 bridgehead atoms. The van der Waals surface area contributed by atoms with Gasteiger partial charge in [-0.15, -0.1) is 0 Å². The first-order valence-corrected chi connectivity index (χ1v) is 8.50. The zero-order chi connectivity index (χ0) is 14.5. The van der Waals surface area contributed by atoms with Gasteiger partial charge >= 0.3 is 0 Å². The molecule has 0 radical (unpaired) electrons. The molecule has 112 valence electrons. The van der Waals surface area contributed by atoms with Crippen molar-refractivity contribution in [2.75, 3.05) is 7.11 Å². The third-order valence-electron chi connectivity index (χ3n) is 4.50. The molecule has 0 aromatic heterocycles. The Kier molecular flexibility index (Phi) is 5.91. The smallest absolute Gasteiger partial charge is 0.133 e. The molecular weight excluding hydrogens is 314 g/mol. The van der Waals surface area contributed by atoms with Gasteiger partial charge in [0.25, 0.3) is 0 Å². The molecule has 0 heterocycles. The molecule has 1 fully saturated rings. The molecule has 20 heavy (non-hydrogen) atoms. The van der Waals surface area contributed by atoms with Crippen LogP contribution in [0, 0.1) is 5.92 Å². The maximum Gasteiger partial charge on any atom is 0.133 e. The van der Waals surface area contributed by atoms with Crippen LogP contribution in [0.3, 0.4) is 0 Å². The summed E-state index contributed by atoms with van der Waals surface area (Å²) in [5.41, 5.74) is 1.31. The second-order valence-corrected chi connectivity index (χ2v) is 6.86. The Balaban J connectivity index is 2.03. The van der Waals surface area contributed by atoms with Crippen molar-refractivity contribution in [1.82, 2.24) is 5.32 Å². The summed E-state index contributed by atoms with van der Waals surface area (Å²) >= 11 is 3.57. The molecule has 2 nitrogen and oxygen atoms in total. The minimum Gasteiger partial charge on any atom is -0.496 e. The van der Waals surface area contributed by atoms with Gasteiger partial charge in [0.05, 0.1) is 11.6 Å². The van der Waals surface area contributed by atoms with E-state index in [-0.39, 0.29) is 0 Å². The maximum absolute atomic E-state index is 5.30. The van der Waals surface area contributed by atoms with Gasteiger partial charge in [-0.1, -0.05) is 32.3 Å². The summed E-state index contributed by atoms with van der Waals surface area (Å²) in [4.78, 5) is 0. The largest absolute Gasteiger partial charge is 0.496 e. The quantitative estimate of drug-likeness (QED) is 0.772. The van der Waals surface area contributed by atoms with Gasteiger partial charge < -0.3 is 10.1 Å². The second-order valence-electron chi connectivity index (χ2n) is 6.00. The standard InChI is InChI=1S/C17H26BrNO/c1-12-7-5-4-6-8-16(12)19-13(2)14-9-10-17(20-3)15(18)11-14/h9-13,16,19H,4-8H2,1-3H3. The zero-order valence-electron chi connectivity index (χ0n) is 12.8. The Labute approximate surface area is 131 Å². The molecule has 1 aromatic carbocycles. The van der Waals surface area contributed by atoms with E-state index >= 15 is 0 Å². The Hall–Kier alpha value is -0.540. The van der Waals surface area contributed by atoms with Crippen molar-refractivity contribution in [2.45, 2.75) is 58.0 Å². The number of hydrogen-bond donors (Lipinski definition) is 1. The fourth-order valence-corrected chi connectivity index (χ4v) is 3.67. The molecule has 3 heteroatoms. The van der Waals surface area contributed by atoms with Crippen molar-refractivity contribution in [2.24, 2.45) is 5.92 Å². The van der Waals surface area contributed by atoms with E-state index in [2.05, 4.69) is 47.2 Å². The number of ether oxygens (including phenoxy) is 1. The molecule has 0 aliphatic heterocycles. The number of methoxy groups -OCH3 is 1. The van der Waals surface area contributed by atoms with E-state index in [0.29, 0.717) is 12.1 Å². The van der Waals surface area contributed by atoms with Crippen LogP contribution in [0.1, 0.15) is 57.6 Å². The predicted molar refractivity (Wildman–Crippen MR) is 88.3 cm³/mol. The van der Waals surface area contributed by atoms with Gasteiger partial charge in [-0.3, -0.25) is 0 Å². The van der Waals surface area contributed by atoms with Crippen molar-refractivity contribution >= 4 is 15.9 Å². The van der Waals surface area contributed by atoms with Crippen LogP contribution in [0.15, 0.2) is 22.7 Å². The molecular formula is C17H26BrNO. The SMILES string of the molecule is COc1ccc(C(C)NC2CCCCCC2C)cc1Br. The third-order valence-corrected chi connectivity index (χ3v) is 5.12. The summed E-state index contributed by atoms with van der Waals surface area (Å²) in [5.74, 6) is 1.67. The predicted octanol–water partition coefficient (Wildman–Crippen LogP) is 5.08. The first-order valence-electron chi connectivity index (χ1n) is 7.71. The van der Waals surface area contributed by atoms with Gasteiger partial charge in [0, 0.05) is 12.1 Å². The molecule has 3 atom stereocenters. The molecule has 0 spiro atoms. The van der Waals surface area contributed by atoms with Gasteiger partial charge in [-0.2, -0.15) is 0 Å². The van der Waals surface area contributed by atoms with E-state index in [4.69, 9.17) is 4.74 Å². The number of hydrogen-bond acceptors (Lipinski definition) is 2. The highest BCUT2D eigenvalue weighted by atomic mass is 79.9. The summed E-state index contributed by atoms with van der Waals surface area (Å²) < 4.78 is 6.32. The van der Waals surface area contributed by atoms with Crippen molar-refractivity contribution in [3.63, 3.8) is 0 Å². The lowest BCUT2D eigenvalue weighted by atomic mass is 9.95. The number of benzene rings is 1. The highest BCUT2D eigenvalue weighted by molar-refractivity contribution is 9.10. The molecule has 1 aromatic rings. The maximum atomic E-state index is 5.30. The average molecular weight is 340 g/mol. The van der Waals surface area contributed by atoms with Crippen LogP contribution in [-0.2, 0) is 0 Å². The second kappa shape index (κ2) is 7.46. The van der Waals surface area contributed by atoms with E-state index in [1.807, 2.05) is 6.07 Å². The summed E-state index contributed by atoms with van der Waals surface area (Å²) in [7, 11) is 1.70. The number of halogens is 1. The molecule has 1 aliphatic rings. The lowest BCUT2D eigenvalue weighted by Crippen LogP contribution is -2.36. The van der Waals surface area contributed by atoms with Crippen molar-refractivity contribution in [3.8, 4) is 5.75 Å². The van der Waals surface area contributed by atoms with Gasteiger partial charge in [0.1, 0.15) is 5.75 Å². The minimum atomic E-state index is 0.378. The van der Waals surface area contributed by atoms with E-state index < -0.39 is 0 Å². The fraction of sp³-hybridized carbons (Fsp3) is 0.647. The van der Waals surface area contributed by atoms with Crippen LogP contribution < -0.4 is 10.1 Å². The van der Waals surface area contributed by atoms with Gasteiger partial charge in [-0.25, -0.2) is 0 Å². The van der Waals surface area contributed by atoms with Crippen LogP contribution in [-0.4, -0.2) is 13.2 Å². The van der Waals surface area contributed by atoms with Gasteiger partial charge in [-0.05, 0) is 59.3 Å². The minimum absolute atomic E-state index is 0.378. The number of nitrogens with one attached hydrogen (secondary N) is 1. The monoisotopic (exact) mass is 339 g/mol. The molecule has 1 aliphatic carbocycles. The van der Waals surface area contributed by atoms with Gasteiger partial charge in [0.15, 0.2) is 0 Å². The topological polar surface area (TPSA) is 21.3 Å². The van der Waals surface area contributed by atoms with Crippen molar-refractivity contribution < 1.29 is 4.74 Å². The van der Waals surface area contributed by atoms with Crippen LogP contribution in [0.25, 0.3) is 0 Å². The molecule has 2 rings (SSSR count).